The van der Waals surface area contributed by atoms with Gasteiger partial charge in [0.15, 0.2) is 9.84 Å². The molecule has 5 aromatic rings. The van der Waals surface area contributed by atoms with Crippen LogP contribution in [0.3, 0.4) is 0 Å². The first-order chi connectivity index (χ1) is 18.4. The third-order valence-corrected chi connectivity index (χ3v) is 7.71. The predicted molar refractivity (Wildman–Crippen MR) is 151 cm³/mol. The van der Waals surface area contributed by atoms with Gasteiger partial charge in [-0.2, -0.15) is 5.26 Å². The highest BCUT2D eigenvalue weighted by molar-refractivity contribution is 7.90. The Kier molecular flexibility index (Phi) is 7.32. The number of nitrogens with zero attached hydrogens (tertiary/aromatic N) is 3. The number of nitriles is 1. The van der Waals surface area contributed by atoms with Crippen LogP contribution in [0.15, 0.2) is 114 Å². The maximum atomic E-state index is 11.9. The molecule has 0 spiro atoms. The maximum absolute atomic E-state index is 11.9. The van der Waals surface area contributed by atoms with E-state index < -0.39 is 9.84 Å². The monoisotopic (exact) mass is 517 g/mol. The fourth-order valence-electron chi connectivity index (χ4n) is 4.75. The van der Waals surface area contributed by atoms with Crippen LogP contribution in [-0.2, 0) is 29.5 Å². The zero-order valence-corrected chi connectivity index (χ0v) is 21.9. The van der Waals surface area contributed by atoms with Gasteiger partial charge in [-0.15, -0.1) is 0 Å². The first kappa shape index (κ1) is 25.3. The average molecular weight is 518 g/mol. The number of fused-ring (bicyclic) bond motifs is 1. The zero-order valence-electron chi connectivity index (χ0n) is 21.1. The summed E-state index contributed by atoms with van der Waals surface area (Å²) in [6.07, 6.45) is 4.84. The van der Waals surface area contributed by atoms with Crippen molar-refractivity contribution in [2.24, 2.45) is 0 Å². The Labute approximate surface area is 223 Å². The van der Waals surface area contributed by atoms with Crippen molar-refractivity contribution >= 4 is 20.6 Å². The third-order valence-electron chi connectivity index (χ3n) is 6.58. The fourth-order valence-corrected chi connectivity index (χ4v) is 5.38. The second-order valence-corrected chi connectivity index (χ2v) is 11.5. The lowest BCUT2D eigenvalue weighted by Gasteiger charge is -2.23. The Bertz CT molecular complexity index is 1720. The second kappa shape index (κ2) is 11.0. The van der Waals surface area contributed by atoms with Crippen LogP contribution in [0.4, 0.5) is 0 Å². The van der Waals surface area contributed by atoms with E-state index in [4.69, 9.17) is 0 Å². The van der Waals surface area contributed by atoms with Gasteiger partial charge in [-0.1, -0.05) is 66.7 Å². The molecule has 0 bridgehead atoms. The van der Waals surface area contributed by atoms with E-state index in [-0.39, 0.29) is 0 Å². The molecule has 4 aromatic carbocycles. The highest BCUT2D eigenvalue weighted by atomic mass is 32.2. The minimum atomic E-state index is -3.25. The molecule has 38 heavy (non-hydrogen) atoms. The van der Waals surface area contributed by atoms with Gasteiger partial charge in [0, 0.05) is 43.8 Å². The summed E-state index contributed by atoms with van der Waals surface area (Å²) in [7, 11) is -3.25. The Hall–Kier alpha value is -4.31. The largest absolute Gasteiger partial charge is 0.291 e. The van der Waals surface area contributed by atoms with E-state index in [2.05, 4.69) is 46.3 Å². The van der Waals surface area contributed by atoms with Gasteiger partial charge < -0.3 is 0 Å². The summed E-state index contributed by atoms with van der Waals surface area (Å²) in [5, 5.41) is 12.1. The number of sulfone groups is 1. The van der Waals surface area contributed by atoms with Crippen LogP contribution in [0.25, 0.3) is 21.9 Å². The summed E-state index contributed by atoms with van der Waals surface area (Å²) < 4.78 is 23.8. The van der Waals surface area contributed by atoms with Gasteiger partial charge in [-0.25, -0.2) is 8.42 Å². The molecule has 0 unspecified atom stereocenters. The van der Waals surface area contributed by atoms with Crippen LogP contribution < -0.4 is 0 Å². The quantitative estimate of drug-likeness (QED) is 0.239. The Morgan fingerprint density at radius 1 is 0.763 bits per heavy atom. The summed E-state index contributed by atoms with van der Waals surface area (Å²) in [5.74, 6) is 0. The molecule has 0 saturated heterocycles. The van der Waals surface area contributed by atoms with Crippen molar-refractivity contribution < 1.29 is 8.42 Å². The predicted octanol–water partition coefficient (Wildman–Crippen LogP) is 6.38. The molecule has 0 aliphatic carbocycles. The van der Waals surface area contributed by atoms with E-state index in [9.17, 15) is 13.7 Å². The fraction of sp³-hybridized carbons (Fsp3) is 0.125. The Balaban J connectivity index is 1.49. The van der Waals surface area contributed by atoms with E-state index in [1.165, 1.54) is 6.26 Å². The lowest BCUT2D eigenvalue weighted by atomic mass is 9.93. The van der Waals surface area contributed by atoms with Crippen molar-refractivity contribution in [2.75, 3.05) is 6.26 Å². The van der Waals surface area contributed by atoms with E-state index in [1.54, 1.807) is 18.3 Å². The van der Waals surface area contributed by atoms with Crippen molar-refractivity contribution in [3.05, 3.63) is 132 Å². The molecule has 5 nitrogen and oxygen atoms in total. The first-order valence-electron chi connectivity index (χ1n) is 12.3. The number of rotatable bonds is 8. The number of pyridine rings is 1. The highest BCUT2D eigenvalue weighted by Gasteiger charge is 2.14. The van der Waals surface area contributed by atoms with Crippen LogP contribution in [0.2, 0.25) is 0 Å². The molecule has 1 heterocycles. The van der Waals surface area contributed by atoms with Crippen molar-refractivity contribution in [1.29, 1.82) is 5.26 Å². The molecule has 0 fully saturated rings. The zero-order chi connectivity index (χ0) is 26.5. The summed E-state index contributed by atoms with van der Waals surface area (Å²) in [5.41, 5.74) is 5.79. The molecule has 0 saturated carbocycles. The van der Waals surface area contributed by atoms with E-state index >= 15 is 0 Å². The average Bonchev–Trinajstić information content (AvgIpc) is 2.93. The van der Waals surface area contributed by atoms with E-state index in [1.807, 2.05) is 60.8 Å². The van der Waals surface area contributed by atoms with Crippen molar-refractivity contribution in [2.45, 2.75) is 24.5 Å². The minimum absolute atomic E-state index is 0.312. The van der Waals surface area contributed by atoms with Crippen LogP contribution in [0.5, 0.6) is 0 Å². The molecule has 0 amide bonds. The van der Waals surface area contributed by atoms with Gasteiger partial charge in [-0.05, 0) is 63.4 Å². The normalized spacial score (nSPS) is 11.5. The molecule has 0 aliphatic rings. The molecule has 6 heteroatoms. The molecule has 0 atom stereocenters. The lowest BCUT2D eigenvalue weighted by Crippen LogP contribution is -2.22. The molecular weight excluding hydrogens is 490 g/mol. The molecular formula is C32H27N3O2S. The van der Waals surface area contributed by atoms with Crippen molar-refractivity contribution in [3.8, 4) is 17.2 Å². The van der Waals surface area contributed by atoms with Gasteiger partial charge in [0.1, 0.15) is 0 Å². The number of hydrogen-bond donors (Lipinski definition) is 0. The number of hydrogen-bond acceptors (Lipinski definition) is 5. The molecule has 1 aromatic heterocycles. The lowest BCUT2D eigenvalue weighted by molar-refractivity contribution is 0.247. The molecule has 188 valence electrons. The Morgan fingerprint density at radius 3 is 2.21 bits per heavy atom. The second-order valence-electron chi connectivity index (χ2n) is 9.44. The first-order valence-corrected chi connectivity index (χ1v) is 14.2. The molecule has 0 radical (unpaired) electrons. The summed E-state index contributed by atoms with van der Waals surface area (Å²) in [6, 6.07) is 33.8. The topological polar surface area (TPSA) is 74.1 Å². The standard InChI is InChI=1S/C32H27N3O2S/c1-38(36,37)29-15-12-24(13-16-29)21-35(23-26-6-5-17-34-20-26)22-25-11-14-28(19-33)32(18-25)31-10-4-8-27-7-2-3-9-30(27)31/h2-18,20H,21-23H2,1H3. The molecule has 5 rings (SSSR count). The van der Waals surface area contributed by atoms with Crippen molar-refractivity contribution in [3.63, 3.8) is 0 Å². The summed E-state index contributed by atoms with van der Waals surface area (Å²) in [6.45, 7) is 1.94. The number of aromatic nitrogens is 1. The molecule has 0 N–H and O–H groups in total. The van der Waals surface area contributed by atoms with Crippen LogP contribution >= 0.6 is 0 Å². The maximum Gasteiger partial charge on any atom is 0.175 e. The molecule has 0 aliphatic heterocycles. The van der Waals surface area contributed by atoms with E-state index in [0.29, 0.717) is 30.1 Å². The third kappa shape index (κ3) is 5.81. The van der Waals surface area contributed by atoms with Crippen LogP contribution in [0.1, 0.15) is 22.3 Å². The summed E-state index contributed by atoms with van der Waals surface area (Å²) >= 11 is 0. The van der Waals surface area contributed by atoms with Gasteiger partial charge in [-0.3, -0.25) is 9.88 Å². The van der Waals surface area contributed by atoms with Gasteiger partial charge >= 0.3 is 0 Å². The van der Waals surface area contributed by atoms with Gasteiger partial charge in [0.05, 0.1) is 16.5 Å². The number of benzene rings is 4. The van der Waals surface area contributed by atoms with Gasteiger partial charge in [0.25, 0.3) is 0 Å². The summed E-state index contributed by atoms with van der Waals surface area (Å²) in [4.78, 5) is 6.87. The minimum Gasteiger partial charge on any atom is -0.291 e. The smallest absolute Gasteiger partial charge is 0.175 e. The van der Waals surface area contributed by atoms with Crippen LogP contribution in [0, 0.1) is 11.3 Å². The highest BCUT2D eigenvalue weighted by Crippen LogP contribution is 2.32. The van der Waals surface area contributed by atoms with Crippen molar-refractivity contribution in [1.82, 2.24) is 9.88 Å². The SMILES string of the molecule is CS(=O)(=O)c1ccc(CN(Cc2cccnc2)Cc2ccc(C#N)c(-c3cccc4ccccc34)c2)cc1. The van der Waals surface area contributed by atoms with E-state index in [0.717, 1.165) is 38.6 Å². The van der Waals surface area contributed by atoms with Crippen LogP contribution in [-0.4, -0.2) is 24.6 Å². The Morgan fingerprint density at radius 2 is 1.47 bits per heavy atom. The van der Waals surface area contributed by atoms with Gasteiger partial charge in [0.2, 0.25) is 0 Å².